The van der Waals surface area contributed by atoms with E-state index in [9.17, 15) is 23.2 Å². The number of amides is 1. The molecule has 0 aliphatic heterocycles. The molecule has 0 saturated carbocycles. The van der Waals surface area contributed by atoms with Crippen LogP contribution in [0.1, 0.15) is 51.5 Å². The summed E-state index contributed by atoms with van der Waals surface area (Å²) in [6.07, 6.45) is -3.78. The molecular formula is C26H21F3N6O. The summed E-state index contributed by atoms with van der Waals surface area (Å²) in [6, 6.07) is 15.2. The van der Waals surface area contributed by atoms with E-state index in [1.165, 1.54) is 11.0 Å². The number of nitrogen functional groups attached to an aromatic ring is 1. The quantitative estimate of drug-likeness (QED) is 0.411. The maximum Gasteiger partial charge on any atom is 0.417 e. The number of hydrogen-bond acceptors (Lipinski definition) is 6. The highest BCUT2D eigenvalue weighted by atomic mass is 19.4. The van der Waals surface area contributed by atoms with Gasteiger partial charge < -0.3 is 10.6 Å². The lowest BCUT2D eigenvalue weighted by atomic mass is 10.1. The number of pyridine rings is 3. The highest BCUT2D eigenvalue weighted by Crippen LogP contribution is 2.30. The first kappa shape index (κ1) is 24.6. The van der Waals surface area contributed by atoms with Gasteiger partial charge in [0.25, 0.3) is 5.91 Å². The third-order valence-corrected chi connectivity index (χ3v) is 5.82. The van der Waals surface area contributed by atoms with E-state index in [1.54, 1.807) is 43.3 Å². The molecule has 36 heavy (non-hydrogen) atoms. The first-order valence-electron chi connectivity index (χ1n) is 10.9. The van der Waals surface area contributed by atoms with Crippen LogP contribution in [-0.4, -0.2) is 25.8 Å². The minimum absolute atomic E-state index is 0.0757. The Morgan fingerprint density at radius 1 is 1.14 bits per heavy atom. The number of benzene rings is 1. The van der Waals surface area contributed by atoms with Gasteiger partial charge in [-0.05, 0) is 67.9 Å². The molecule has 10 heteroatoms. The molecule has 2 N–H and O–H groups in total. The first-order valence-corrected chi connectivity index (χ1v) is 10.9. The van der Waals surface area contributed by atoms with Crippen molar-refractivity contribution < 1.29 is 18.0 Å². The standard InChI is InChI=1S/C26H21F3N6O/c1-15-10-18-11-17(6-9-23(18)34-24(15)31)25(36)35(16(2)22-5-3-4-20(12-30)33-22)14-21-8-7-19(13-32-21)26(27,28)29/h3-11,13,16H,14H2,1-2H3,(H2,31,34)/t16-/m0/s1. The Bertz CT molecular complexity index is 1480. The van der Waals surface area contributed by atoms with Crippen molar-refractivity contribution in [1.29, 1.82) is 5.26 Å². The molecule has 0 aliphatic carbocycles. The van der Waals surface area contributed by atoms with E-state index in [0.717, 1.165) is 23.2 Å². The second-order valence-electron chi connectivity index (χ2n) is 8.30. The number of nitriles is 1. The molecule has 1 amide bonds. The Hall–Kier alpha value is -4.52. The smallest absolute Gasteiger partial charge is 0.383 e. The topological polar surface area (TPSA) is 109 Å². The summed E-state index contributed by atoms with van der Waals surface area (Å²) in [7, 11) is 0. The van der Waals surface area contributed by atoms with E-state index in [4.69, 9.17) is 5.73 Å². The van der Waals surface area contributed by atoms with Gasteiger partial charge in [0.05, 0.1) is 35.1 Å². The molecule has 0 bridgehead atoms. The van der Waals surface area contributed by atoms with Gasteiger partial charge >= 0.3 is 6.18 Å². The van der Waals surface area contributed by atoms with Crippen molar-refractivity contribution >= 4 is 22.6 Å². The van der Waals surface area contributed by atoms with E-state index >= 15 is 0 Å². The van der Waals surface area contributed by atoms with Crippen LogP contribution < -0.4 is 5.73 Å². The molecule has 1 aromatic carbocycles. The van der Waals surface area contributed by atoms with Crippen LogP contribution in [0.4, 0.5) is 19.0 Å². The maximum absolute atomic E-state index is 13.7. The molecule has 0 fully saturated rings. The number of carbonyl (C=O) groups excluding carboxylic acids is 1. The fourth-order valence-corrected chi connectivity index (χ4v) is 3.75. The lowest BCUT2D eigenvalue weighted by Crippen LogP contribution is -2.34. The maximum atomic E-state index is 13.7. The fraction of sp³-hybridized carbons (Fsp3) is 0.192. The highest BCUT2D eigenvalue weighted by Gasteiger charge is 2.31. The number of nitrogens with two attached hydrogens (primary N) is 1. The summed E-state index contributed by atoms with van der Waals surface area (Å²) < 4.78 is 38.9. The van der Waals surface area contributed by atoms with Gasteiger partial charge in [-0.25, -0.2) is 9.97 Å². The van der Waals surface area contributed by atoms with E-state index < -0.39 is 17.8 Å². The zero-order valence-corrected chi connectivity index (χ0v) is 19.4. The van der Waals surface area contributed by atoms with Crippen molar-refractivity contribution in [1.82, 2.24) is 19.9 Å². The molecule has 3 heterocycles. The third kappa shape index (κ3) is 5.10. The first-order chi connectivity index (χ1) is 17.1. The number of carbonyl (C=O) groups is 1. The van der Waals surface area contributed by atoms with Crippen molar-refractivity contribution in [2.24, 2.45) is 0 Å². The Balaban J connectivity index is 1.73. The van der Waals surface area contributed by atoms with Crippen LogP contribution in [0.15, 0.2) is 60.8 Å². The van der Waals surface area contributed by atoms with Crippen LogP contribution in [0.25, 0.3) is 10.9 Å². The van der Waals surface area contributed by atoms with Crippen LogP contribution in [0.5, 0.6) is 0 Å². The van der Waals surface area contributed by atoms with Gasteiger partial charge in [0.1, 0.15) is 17.6 Å². The number of rotatable bonds is 5. The molecule has 0 aliphatic rings. The fourth-order valence-electron chi connectivity index (χ4n) is 3.75. The third-order valence-electron chi connectivity index (χ3n) is 5.82. The van der Waals surface area contributed by atoms with Crippen LogP contribution in [0.2, 0.25) is 0 Å². The van der Waals surface area contributed by atoms with Gasteiger partial charge in [0, 0.05) is 17.1 Å². The van der Waals surface area contributed by atoms with E-state index in [1.807, 2.05) is 19.1 Å². The average Bonchev–Trinajstić information content (AvgIpc) is 2.86. The molecule has 0 saturated heterocycles. The van der Waals surface area contributed by atoms with Gasteiger partial charge in [-0.15, -0.1) is 0 Å². The number of anilines is 1. The number of aromatic nitrogens is 3. The summed E-state index contributed by atoms with van der Waals surface area (Å²) in [5.74, 6) is 0.0124. The Morgan fingerprint density at radius 2 is 1.92 bits per heavy atom. The molecule has 0 radical (unpaired) electrons. The van der Waals surface area contributed by atoms with Crippen molar-refractivity contribution in [2.75, 3.05) is 5.73 Å². The number of alkyl halides is 3. The number of halogens is 3. The van der Waals surface area contributed by atoms with Gasteiger partial charge in [-0.1, -0.05) is 6.07 Å². The van der Waals surface area contributed by atoms with Crippen molar-refractivity contribution in [2.45, 2.75) is 32.6 Å². The van der Waals surface area contributed by atoms with Gasteiger partial charge in [-0.2, -0.15) is 18.4 Å². The van der Waals surface area contributed by atoms with E-state index in [-0.39, 0.29) is 23.8 Å². The number of fused-ring (bicyclic) bond motifs is 1. The Kier molecular flexibility index (Phi) is 6.57. The zero-order chi connectivity index (χ0) is 26.0. The second-order valence-corrected chi connectivity index (χ2v) is 8.30. The zero-order valence-electron chi connectivity index (χ0n) is 19.4. The molecule has 0 spiro atoms. The predicted molar refractivity (Wildman–Crippen MR) is 127 cm³/mol. The average molecular weight is 490 g/mol. The lowest BCUT2D eigenvalue weighted by Gasteiger charge is -2.29. The molecule has 3 aromatic heterocycles. The molecule has 1 atom stereocenters. The van der Waals surface area contributed by atoms with E-state index in [2.05, 4.69) is 15.0 Å². The summed E-state index contributed by atoms with van der Waals surface area (Å²) in [6.45, 7) is 3.47. The van der Waals surface area contributed by atoms with Crippen LogP contribution >= 0.6 is 0 Å². The van der Waals surface area contributed by atoms with Crippen molar-refractivity contribution in [3.8, 4) is 6.07 Å². The molecule has 182 valence electrons. The van der Waals surface area contributed by atoms with Crippen molar-refractivity contribution in [3.63, 3.8) is 0 Å². The van der Waals surface area contributed by atoms with Crippen LogP contribution in [0.3, 0.4) is 0 Å². The largest absolute Gasteiger partial charge is 0.417 e. The molecule has 0 unspecified atom stereocenters. The highest BCUT2D eigenvalue weighted by molar-refractivity contribution is 5.98. The summed E-state index contributed by atoms with van der Waals surface area (Å²) in [5, 5.41) is 9.95. The summed E-state index contributed by atoms with van der Waals surface area (Å²) in [4.78, 5) is 27.7. The minimum Gasteiger partial charge on any atom is -0.383 e. The lowest BCUT2D eigenvalue weighted by molar-refractivity contribution is -0.137. The molecular weight excluding hydrogens is 469 g/mol. The Morgan fingerprint density at radius 3 is 2.58 bits per heavy atom. The molecule has 4 aromatic rings. The number of aryl methyl sites for hydroxylation is 1. The molecule has 4 rings (SSSR count). The van der Waals surface area contributed by atoms with Crippen LogP contribution in [-0.2, 0) is 12.7 Å². The molecule has 7 nitrogen and oxygen atoms in total. The van der Waals surface area contributed by atoms with Gasteiger partial charge in [0.15, 0.2) is 0 Å². The monoisotopic (exact) mass is 490 g/mol. The number of hydrogen-bond donors (Lipinski definition) is 1. The SMILES string of the molecule is Cc1cc2cc(C(=O)N(Cc3ccc(C(F)(F)F)cn3)[C@@H](C)c3cccc(C#N)n3)ccc2nc1N. The number of nitrogens with zero attached hydrogens (tertiary/aromatic N) is 5. The van der Waals surface area contributed by atoms with Crippen LogP contribution in [0, 0.1) is 18.3 Å². The van der Waals surface area contributed by atoms with Gasteiger partial charge in [-0.3, -0.25) is 9.78 Å². The normalized spacial score (nSPS) is 12.2. The van der Waals surface area contributed by atoms with E-state index in [0.29, 0.717) is 22.6 Å². The second kappa shape index (κ2) is 9.62. The summed E-state index contributed by atoms with van der Waals surface area (Å²) in [5.41, 5.74) is 7.67. The summed E-state index contributed by atoms with van der Waals surface area (Å²) >= 11 is 0. The minimum atomic E-state index is -4.52. The van der Waals surface area contributed by atoms with Gasteiger partial charge in [0.2, 0.25) is 0 Å². The van der Waals surface area contributed by atoms with Crippen molar-refractivity contribution in [3.05, 3.63) is 94.6 Å². The Labute approximate surface area is 205 Å². The predicted octanol–water partition coefficient (Wildman–Crippen LogP) is 5.21.